The van der Waals surface area contributed by atoms with Gasteiger partial charge in [0.05, 0.1) is 4.92 Å². The Bertz CT molecular complexity index is 609. The van der Waals surface area contributed by atoms with Gasteiger partial charge >= 0.3 is 0 Å². The minimum Gasteiger partial charge on any atom is -0.292 e. The second-order valence-corrected chi connectivity index (χ2v) is 8.07. The number of benzene rings is 1. The molecular weight excluding hydrogens is 288 g/mol. The van der Waals surface area contributed by atoms with E-state index in [0.717, 1.165) is 29.9 Å². The van der Waals surface area contributed by atoms with Gasteiger partial charge in [-0.25, -0.2) is 0 Å². The summed E-state index contributed by atoms with van der Waals surface area (Å²) in [7, 11) is 0. The molecule has 4 nitrogen and oxygen atoms in total. The summed E-state index contributed by atoms with van der Waals surface area (Å²) in [5.41, 5.74) is 1.53. The van der Waals surface area contributed by atoms with Gasteiger partial charge in [0.15, 0.2) is 0 Å². The lowest BCUT2D eigenvalue weighted by Gasteiger charge is -2.44. The number of aliphatic imine (C=N–C) groups is 1. The number of hydrogen-bond donors (Lipinski definition) is 0. The van der Waals surface area contributed by atoms with E-state index in [0.29, 0.717) is 5.41 Å². The minimum absolute atomic E-state index is 0.138. The van der Waals surface area contributed by atoms with Gasteiger partial charge in [-0.3, -0.25) is 15.1 Å². The molecule has 0 saturated heterocycles. The lowest BCUT2D eigenvalue weighted by atomic mass is 9.61. The van der Waals surface area contributed by atoms with Crippen molar-refractivity contribution < 1.29 is 4.92 Å². The van der Waals surface area contributed by atoms with Crippen molar-refractivity contribution in [3.05, 3.63) is 39.9 Å². The maximum Gasteiger partial charge on any atom is 0.269 e. The van der Waals surface area contributed by atoms with Crippen molar-refractivity contribution in [3.63, 3.8) is 0 Å². The van der Waals surface area contributed by atoms with Crippen LogP contribution >= 0.6 is 0 Å². The second kappa shape index (κ2) is 5.73. The molecule has 0 unspecified atom stereocenters. The highest BCUT2D eigenvalue weighted by atomic mass is 16.6. The van der Waals surface area contributed by atoms with Crippen LogP contribution in [-0.4, -0.2) is 17.7 Å². The predicted molar refractivity (Wildman–Crippen MR) is 90.8 cm³/mol. The highest BCUT2D eigenvalue weighted by Crippen LogP contribution is 2.57. The van der Waals surface area contributed by atoms with Crippen LogP contribution in [0, 0.1) is 33.3 Å². The Morgan fingerprint density at radius 2 is 1.78 bits per heavy atom. The lowest BCUT2D eigenvalue weighted by Crippen LogP contribution is -2.36. The maximum absolute atomic E-state index is 10.7. The van der Waals surface area contributed by atoms with Crippen molar-refractivity contribution in [3.8, 4) is 0 Å². The molecule has 4 fully saturated rings. The zero-order valence-corrected chi connectivity index (χ0v) is 13.5. The normalized spacial score (nSPS) is 35.6. The fraction of sp³-hybridized carbons (Fsp3) is 0.632. The highest BCUT2D eigenvalue weighted by Gasteiger charge is 2.47. The van der Waals surface area contributed by atoms with Crippen molar-refractivity contribution >= 4 is 11.9 Å². The van der Waals surface area contributed by atoms with E-state index in [4.69, 9.17) is 4.99 Å². The summed E-state index contributed by atoms with van der Waals surface area (Å²) in [6.45, 7) is 0.934. The molecule has 5 rings (SSSR count). The van der Waals surface area contributed by atoms with Crippen LogP contribution in [0.1, 0.15) is 50.5 Å². The molecule has 4 heteroatoms. The van der Waals surface area contributed by atoms with Gasteiger partial charge in [-0.1, -0.05) is 0 Å². The second-order valence-electron chi connectivity index (χ2n) is 8.07. The molecule has 23 heavy (non-hydrogen) atoms. The van der Waals surface area contributed by atoms with Gasteiger partial charge in [-0.15, -0.1) is 0 Å². The van der Waals surface area contributed by atoms with E-state index < -0.39 is 0 Å². The van der Waals surface area contributed by atoms with Crippen LogP contribution < -0.4 is 0 Å². The molecule has 0 aliphatic heterocycles. The number of nitrogens with zero attached hydrogens (tertiary/aromatic N) is 2. The van der Waals surface area contributed by atoms with Crippen molar-refractivity contribution in [1.29, 1.82) is 0 Å². The summed E-state index contributed by atoms with van der Waals surface area (Å²) in [6.07, 6.45) is 11.8. The molecule has 0 heterocycles. The van der Waals surface area contributed by atoms with Gasteiger partial charge < -0.3 is 0 Å². The van der Waals surface area contributed by atoms with Gasteiger partial charge in [-0.2, -0.15) is 0 Å². The highest BCUT2D eigenvalue weighted by molar-refractivity contribution is 5.79. The van der Waals surface area contributed by atoms with Crippen molar-refractivity contribution in [1.82, 2.24) is 0 Å². The first kappa shape index (κ1) is 14.9. The van der Waals surface area contributed by atoms with Crippen molar-refractivity contribution in [2.75, 3.05) is 6.54 Å². The van der Waals surface area contributed by atoms with E-state index in [1.807, 2.05) is 6.21 Å². The summed E-state index contributed by atoms with van der Waals surface area (Å²) in [5.74, 6) is 2.89. The van der Waals surface area contributed by atoms with E-state index in [1.54, 1.807) is 24.3 Å². The molecule has 0 aromatic heterocycles. The van der Waals surface area contributed by atoms with Crippen molar-refractivity contribution in [2.24, 2.45) is 28.2 Å². The zero-order valence-electron chi connectivity index (χ0n) is 13.5. The van der Waals surface area contributed by atoms with Gasteiger partial charge in [0.25, 0.3) is 5.69 Å². The Kier molecular flexibility index (Phi) is 3.70. The number of fused-ring (bicyclic) bond motifs is 1. The Morgan fingerprint density at radius 1 is 1.13 bits per heavy atom. The largest absolute Gasteiger partial charge is 0.292 e. The molecule has 1 aromatic carbocycles. The Labute approximate surface area is 137 Å². The number of nitro groups is 1. The fourth-order valence-corrected chi connectivity index (χ4v) is 5.53. The van der Waals surface area contributed by atoms with Crippen LogP contribution in [0.25, 0.3) is 0 Å². The van der Waals surface area contributed by atoms with Crippen LogP contribution in [0.5, 0.6) is 0 Å². The monoisotopic (exact) mass is 312 g/mol. The molecule has 0 amide bonds. The molecule has 2 atom stereocenters. The third-order valence-electron chi connectivity index (χ3n) is 6.30. The van der Waals surface area contributed by atoms with Crippen LogP contribution in [0.3, 0.4) is 0 Å². The topological polar surface area (TPSA) is 55.5 Å². The molecule has 1 aromatic rings. The molecular formula is C19H24N2O2. The summed E-state index contributed by atoms with van der Waals surface area (Å²) in [4.78, 5) is 15.1. The van der Waals surface area contributed by atoms with Gasteiger partial charge in [0, 0.05) is 24.9 Å². The molecule has 0 spiro atoms. The van der Waals surface area contributed by atoms with E-state index in [1.165, 1.54) is 44.9 Å². The zero-order chi connectivity index (χ0) is 15.9. The molecule has 4 aliphatic rings. The molecule has 4 bridgehead atoms. The number of rotatable bonds is 4. The fourth-order valence-electron chi connectivity index (χ4n) is 5.53. The molecule has 0 radical (unpaired) electrons. The quantitative estimate of drug-likeness (QED) is 0.463. The Hall–Kier alpha value is -1.71. The first-order chi connectivity index (χ1) is 11.1. The lowest BCUT2D eigenvalue weighted by molar-refractivity contribution is -0.384. The van der Waals surface area contributed by atoms with E-state index >= 15 is 0 Å². The maximum atomic E-state index is 10.7. The average Bonchev–Trinajstić information content (AvgIpc) is 2.72. The number of hydrogen-bond acceptors (Lipinski definition) is 3. The minimum atomic E-state index is -0.361. The molecule has 0 N–H and O–H groups in total. The van der Waals surface area contributed by atoms with Crippen LogP contribution in [0.15, 0.2) is 29.3 Å². The Balaban J connectivity index is 1.44. The third-order valence-corrected chi connectivity index (χ3v) is 6.30. The van der Waals surface area contributed by atoms with Crippen LogP contribution in [0.2, 0.25) is 0 Å². The van der Waals surface area contributed by atoms with Gasteiger partial charge in [-0.05, 0) is 85.8 Å². The number of non-ortho nitro benzene ring substituents is 1. The SMILES string of the molecule is O=[N+]([O-])c1ccc(C=NCC23CCC4C[C@H](C[C@@H](C4)C2)C3)cc1. The van der Waals surface area contributed by atoms with Gasteiger partial charge in [0.1, 0.15) is 0 Å². The number of nitro benzene ring substituents is 1. The van der Waals surface area contributed by atoms with E-state index in [9.17, 15) is 10.1 Å². The first-order valence-electron chi connectivity index (χ1n) is 8.86. The predicted octanol–water partition coefficient (Wildman–Crippen LogP) is 4.62. The first-order valence-corrected chi connectivity index (χ1v) is 8.86. The van der Waals surface area contributed by atoms with Gasteiger partial charge in [0.2, 0.25) is 0 Å². The summed E-state index contributed by atoms with van der Waals surface area (Å²) < 4.78 is 0. The average molecular weight is 312 g/mol. The molecule has 4 aliphatic carbocycles. The smallest absolute Gasteiger partial charge is 0.269 e. The molecule has 4 saturated carbocycles. The Morgan fingerprint density at radius 3 is 2.43 bits per heavy atom. The van der Waals surface area contributed by atoms with E-state index in [2.05, 4.69) is 0 Å². The standard InChI is InChI=1S/C19H24N2O2/c22-21(23)18-3-1-14(2-4-18)12-20-13-19-6-5-15-7-16(10-19)9-17(8-15)11-19/h1-4,12,15-17H,5-11,13H2/t15?,16-,17-,19?/m1/s1. The summed E-state index contributed by atoms with van der Waals surface area (Å²) in [6, 6.07) is 6.67. The van der Waals surface area contributed by atoms with Crippen LogP contribution in [-0.2, 0) is 0 Å². The third kappa shape index (κ3) is 3.04. The summed E-state index contributed by atoms with van der Waals surface area (Å²) >= 11 is 0. The van der Waals surface area contributed by atoms with Crippen molar-refractivity contribution in [2.45, 2.75) is 44.9 Å². The summed E-state index contributed by atoms with van der Waals surface area (Å²) in [5, 5.41) is 10.7. The van der Waals surface area contributed by atoms with E-state index in [-0.39, 0.29) is 10.6 Å². The molecule has 122 valence electrons. The van der Waals surface area contributed by atoms with Crippen LogP contribution in [0.4, 0.5) is 5.69 Å².